The van der Waals surface area contributed by atoms with E-state index >= 15 is 0 Å². The molecule has 0 saturated carbocycles. The fourth-order valence-corrected chi connectivity index (χ4v) is 2.57. The summed E-state index contributed by atoms with van der Waals surface area (Å²) in [6, 6.07) is 9.62. The van der Waals surface area contributed by atoms with Crippen LogP contribution in [0.1, 0.15) is 33.9 Å². The van der Waals surface area contributed by atoms with Crippen molar-refractivity contribution in [1.82, 2.24) is 5.32 Å². The summed E-state index contributed by atoms with van der Waals surface area (Å²) in [5, 5.41) is 6.25. The van der Waals surface area contributed by atoms with E-state index < -0.39 is 0 Å². The summed E-state index contributed by atoms with van der Waals surface area (Å²) in [7, 11) is 0. The minimum Gasteiger partial charge on any atom is -0.465 e. The van der Waals surface area contributed by atoms with Gasteiger partial charge in [-0.1, -0.05) is 6.07 Å². The number of anilines is 1. The lowest BCUT2D eigenvalue weighted by Crippen LogP contribution is -2.25. The molecule has 3 rings (SSSR count). The van der Waals surface area contributed by atoms with Gasteiger partial charge in [0.25, 0.3) is 5.91 Å². The Hall–Kier alpha value is -2.23. The van der Waals surface area contributed by atoms with Crippen LogP contribution in [0.2, 0.25) is 0 Å². The zero-order valence-corrected chi connectivity index (χ0v) is 11.5. The molecular formula is C16H18N2O2. The van der Waals surface area contributed by atoms with Crippen molar-refractivity contribution in [3.05, 3.63) is 53.0 Å². The number of hydrogen-bond acceptors (Lipinski definition) is 3. The predicted molar refractivity (Wildman–Crippen MR) is 77.9 cm³/mol. The smallest absolute Gasteiger partial charge is 0.252 e. The lowest BCUT2D eigenvalue weighted by molar-refractivity contribution is 0.0947. The number of aryl methyl sites for hydroxylation is 1. The molecule has 2 aromatic rings. The van der Waals surface area contributed by atoms with Crippen LogP contribution in [0.3, 0.4) is 0 Å². The first kappa shape index (κ1) is 12.8. The Morgan fingerprint density at radius 2 is 2.25 bits per heavy atom. The highest BCUT2D eigenvalue weighted by molar-refractivity contribution is 5.97. The molecular weight excluding hydrogens is 252 g/mol. The molecule has 0 aliphatic carbocycles. The molecule has 0 unspecified atom stereocenters. The fraction of sp³-hybridized carbons (Fsp3) is 0.312. The first-order chi connectivity index (χ1) is 9.74. The molecule has 2 N–H and O–H groups in total. The zero-order chi connectivity index (χ0) is 13.9. The maximum absolute atomic E-state index is 12.3. The molecule has 4 heteroatoms. The van der Waals surface area contributed by atoms with Crippen molar-refractivity contribution in [1.29, 1.82) is 0 Å². The van der Waals surface area contributed by atoms with Gasteiger partial charge in [0, 0.05) is 17.8 Å². The summed E-state index contributed by atoms with van der Waals surface area (Å²) in [5.74, 6) is 1.59. The topological polar surface area (TPSA) is 54.3 Å². The van der Waals surface area contributed by atoms with Gasteiger partial charge >= 0.3 is 0 Å². The lowest BCUT2D eigenvalue weighted by atomic mass is 9.97. The number of hydrogen-bond donors (Lipinski definition) is 2. The minimum absolute atomic E-state index is 0.0420. The van der Waals surface area contributed by atoms with E-state index in [9.17, 15) is 4.79 Å². The zero-order valence-electron chi connectivity index (χ0n) is 11.5. The van der Waals surface area contributed by atoms with Crippen LogP contribution < -0.4 is 10.6 Å². The van der Waals surface area contributed by atoms with Crippen LogP contribution in [0.4, 0.5) is 5.69 Å². The molecule has 0 fully saturated rings. The third kappa shape index (κ3) is 2.54. The Morgan fingerprint density at radius 1 is 1.35 bits per heavy atom. The van der Waals surface area contributed by atoms with Crippen molar-refractivity contribution in [3.63, 3.8) is 0 Å². The highest BCUT2D eigenvalue weighted by Gasteiger charge is 2.17. The quantitative estimate of drug-likeness (QED) is 0.901. The second-order valence-electron chi connectivity index (χ2n) is 5.06. The van der Waals surface area contributed by atoms with Gasteiger partial charge in [0.1, 0.15) is 11.5 Å². The number of benzene rings is 1. The number of amides is 1. The number of carbonyl (C=O) groups is 1. The predicted octanol–water partition coefficient (Wildman–Crippen LogP) is 2.88. The van der Waals surface area contributed by atoms with Crippen molar-refractivity contribution in [2.45, 2.75) is 26.3 Å². The number of nitrogens with one attached hydrogen (secondary N) is 2. The molecule has 1 aromatic carbocycles. The van der Waals surface area contributed by atoms with Gasteiger partial charge in [-0.3, -0.25) is 4.79 Å². The highest BCUT2D eigenvalue weighted by Crippen LogP contribution is 2.25. The average Bonchev–Trinajstić information content (AvgIpc) is 2.90. The van der Waals surface area contributed by atoms with Crippen LogP contribution in [0.25, 0.3) is 0 Å². The summed E-state index contributed by atoms with van der Waals surface area (Å²) < 4.78 is 5.46. The van der Waals surface area contributed by atoms with Crippen molar-refractivity contribution in [2.75, 3.05) is 11.9 Å². The van der Waals surface area contributed by atoms with E-state index in [0.717, 1.165) is 47.7 Å². The Kier molecular flexibility index (Phi) is 3.46. The molecule has 4 nitrogen and oxygen atoms in total. The van der Waals surface area contributed by atoms with Crippen molar-refractivity contribution < 1.29 is 9.21 Å². The van der Waals surface area contributed by atoms with Gasteiger partial charge in [-0.15, -0.1) is 0 Å². The fourth-order valence-electron chi connectivity index (χ4n) is 2.57. The maximum Gasteiger partial charge on any atom is 0.252 e. The van der Waals surface area contributed by atoms with E-state index in [1.165, 1.54) is 0 Å². The Bertz CT molecular complexity index is 631. The van der Waals surface area contributed by atoms with Crippen LogP contribution in [0.15, 0.2) is 34.7 Å². The van der Waals surface area contributed by atoms with Gasteiger partial charge in [0.05, 0.1) is 6.54 Å². The normalized spacial score (nSPS) is 13.4. The Labute approximate surface area is 118 Å². The van der Waals surface area contributed by atoms with Crippen molar-refractivity contribution >= 4 is 11.6 Å². The van der Waals surface area contributed by atoms with Crippen molar-refractivity contribution in [2.24, 2.45) is 0 Å². The number of furan rings is 1. The minimum atomic E-state index is -0.0420. The summed E-state index contributed by atoms with van der Waals surface area (Å²) in [6.45, 7) is 3.29. The average molecular weight is 270 g/mol. The third-order valence-electron chi connectivity index (χ3n) is 3.56. The van der Waals surface area contributed by atoms with E-state index in [0.29, 0.717) is 6.54 Å². The van der Waals surface area contributed by atoms with E-state index in [-0.39, 0.29) is 5.91 Å². The number of rotatable bonds is 3. The van der Waals surface area contributed by atoms with E-state index in [1.807, 2.05) is 37.3 Å². The second-order valence-corrected chi connectivity index (χ2v) is 5.06. The SMILES string of the molecule is Cc1ccc(CNC(=O)c2cccc3c2CCCN3)o1. The summed E-state index contributed by atoms with van der Waals surface area (Å²) in [6.07, 6.45) is 2.01. The summed E-state index contributed by atoms with van der Waals surface area (Å²) in [5.41, 5.74) is 2.96. The Balaban J connectivity index is 1.74. The largest absolute Gasteiger partial charge is 0.465 e. The van der Waals surface area contributed by atoms with Crippen molar-refractivity contribution in [3.8, 4) is 0 Å². The highest BCUT2D eigenvalue weighted by atomic mass is 16.3. The summed E-state index contributed by atoms with van der Waals surface area (Å²) >= 11 is 0. The monoisotopic (exact) mass is 270 g/mol. The molecule has 1 amide bonds. The maximum atomic E-state index is 12.3. The molecule has 0 atom stereocenters. The standard InChI is InChI=1S/C16H18N2O2/c1-11-7-8-12(20-11)10-18-16(19)14-4-2-6-15-13(14)5-3-9-17-15/h2,4,6-8,17H,3,5,9-10H2,1H3,(H,18,19). The molecule has 1 aromatic heterocycles. The molecule has 1 aliphatic heterocycles. The first-order valence-corrected chi connectivity index (χ1v) is 6.93. The van der Waals surface area contributed by atoms with Gasteiger partial charge < -0.3 is 15.1 Å². The van der Waals surface area contributed by atoms with Gasteiger partial charge in [-0.05, 0) is 49.6 Å². The van der Waals surface area contributed by atoms with Gasteiger partial charge in [0.15, 0.2) is 0 Å². The molecule has 0 radical (unpaired) electrons. The van der Waals surface area contributed by atoms with E-state index in [1.54, 1.807) is 0 Å². The van der Waals surface area contributed by atoms with E-state index in [4.69, 9.17) is 4.42 Å². The molecule has 0 bridgehead atoms. The first-order valence-electron chi connectivity index (χ1n) is 6.93. The third-order valence-corrected chi connectivity index (χ3v) is 3.56. The molecule has 2 heterocycles. The number of carbonyl (C=O) groups excluding carboxylic acids is 1. The number of fused-ring (bicyclic) bond motifs is 1. The lowest BCUT2D eigenvalue weighted by Gasteiger charge is -2.20. The van der Waals surface area contributed by atoms with Gasteiger partial charge in [-0.2, -0.15) is 0 Å². The van der Waals surface area contributed by atoms with Crippen LogP contribution in [0.5, 0.6) is 0 Å². The molecule has 104 valence electrons. The molecule has 1 aliphatic rings. The van der Waals surface area contributed by atoms with E-state index in [2.05, 4.69) is 10.6 Å². The summed E-state index contributed by atoms with van der Waals surface area (Å²) in [4.78, 5) is 12.3. The molecule has 20 heavy (non-hydrogen) atoms. The van der Waals surface area contributed by atoms with Crippen LogP contribution in [-0.4, -0.2) is 12.5 Å². The molecule has 0 spiro atoms. The second kappa shape index (κ2) is 5.41. The Morgan fingerprint density at radius 3 is 3.05 bits per heavy atom. The van der Waals surface area contributed by atoms with Crippen LogP contribution >= 0.6 is 0 Å². The van der Waals surface area contributed by atoms with Gasteiger partial charge in [-0.25, -0.2) is 0 Å². The molecule has 0 saturated heterocycles. The van der Waals surface area contributed by atoms with Crippen LogP contribution in [-0.2, 0) is 13.0 Å². The van der Waals surface area contributed by atoms with Crippen LogP contribution in [0, 0.1) is 6.92 Å². The van der Waals surface area contributed by atoms with Gasteiger partial charge in [0.2, 0.25) is 0 Å².